The molecule has 6 heteroatoms. The minimum absolute atomic E-state index is 0.147. The van der Waals surface area contributed by atoms with Gasteiger partial charge in [-0.05, 0) is 13.3 Å². The van der Waals surface area contributed by atoms with Crippen LogP contribution < -0.4 is 0 Å². The minimum Gasteiger partial charge on any atom is -0.481 e. The molecule has 0 spiro atoms. The summed E-state index contributed by atoms with van der Waals surface area (Å²) < 4.78 is 20.8. The highest BCUT2D eigenvalue weighted by Crippen LogP contribution is 1.90. The van der Waals surface area contributed by atoms with E-state index in [2.05, 4.69) is 0 Å². The van der Waals surface area contributed by atoms with Crippen molar-refractivity contribution in [1.82, 2.24) is 0 Å². The molecule has 0 saturated heterocycles. The Balaban J connectivity index is 2.92. The van der Waals surface area contributed by atoms with E-state index in [0.29, 0.717) is 59.3 Å². The van der Waals surface area contributed by atoms with Gasteiger partial charge in [-0.25, -0.2) is 0 Å². The molecule has 0 aromatic heterocycles. The molecule has 0 unspecified atom stereocenters. The zero-order valence-electron chi connectivity index (χ0n) is 11.1. The second-order valence-corrected chi connectivity index (χ2v) is 3.53. The van der Waals surface area contributed by atoms with Crippen LogP contribution in [0.4, 0.5) is 0 Å². The third-order valence-electron chi connectivity index (χ3n) is 2.00. The highest BCUT2D eigenvalue weighted by atomic mass is 16.6. The molecular formula is C12H24O6. The summed E-state index contributed by atoms with van der Waals surface area (Å²) in [6.45, 7) is 6.38. The Morgan fingerprint density at radius 3 is 1.72 bits per heavy atom. The summed E-state index contributed by atoms with van der Waals surface area (Å²) in [6.07, 6.45) is 0.685. The summed E-state index contributed by atoms with van der Waals surface area (Å²) >= 11 is 0. The van der Waals surface area contributed by atoms with Gasteiger partial charge in [0.2, 0.25) is 0 Å². The Morgan fingerprint density at radius 2 is 1.28 bits per heavy atom. The number of rotatable bonds is 14. The molecule has 0 aliphatic heterocycles. The van der Waals surface area contributed by atoms with E-state index >= 15 is 0 Å². The van der Waals surface area contributed by atoms with Crippen LogP contribution in [0.1, 0.15) is 19.8 Å². The topological polar surface area (TPSA) is 74.2 Å². The number of aliphatic carboxylic acids is 1. The number of carboxylic acids is 1. The van der Waals surface area contributed by atoms with Crippen LogP contribution in [0.3, 0.4) is 0 Å². The molecular weight excluding hydrogens is 240 g/mol. The van der Waals surface area contributed by atoms with Crippen molar-refractivity contribution < 1.29 is 28.8 Å². The second kappa shape index (κ2) is 14.4. The lowest BCUT2D eigenvalue weighted by Crippen LogP contribution is -2.12. The summed E-state index contributed by atoms with van der Waals surface area (Å²) in [5.74, 6) is -0.793. The Hall–Kier alpha value is -0.690. The van der Waals surface area contributed by atoms with Gasteiger partial charge in [-0.15, -0.1) is 0 Å². The van der Waals surface area contributed by atoms with Gasteiger partial charge >= 0.3 is 5.97 Å². The van der Waals surface area contributed by atoms with Crippen molar-refractivity contribution in [1.29, 1.82) is 0 Å². The van der Waals surface area contributed by atoms with Crippen LogP contribution in [0.15, 0.2) is 0 Å². The molecule has 0 fully saturated rings. The first-order chi connectivity index (χ1) is 8.77. The lowest BCUT2D eigenvalue weighted by Gasteiger charge is -2.06. The number of hydrogen-bond donors (Lipinski definition) is 1. The highest BCUT2D eigenvalue weighted by Gasteiger charge is 1.96. The predicted octanol–water partition coefficient (Wildman–Crippen LogP) is 0.937. The highest BCUT2D eigenvalue weighted by molar-refractivity contribution is 5.66. The van der Waals surface area contributed by atoms with E-state index in [1.165, 1.54) is 0 Å². The molecule has 0 amide bonds. The lowest BCUT2D eigenvalue weighted by molar-refractivity contribution is -0.137. The molecule has 0 saturated carbocycles. The Kier molecular flexibility index (Phi) is 13.8. The third-order valence-corrected chi connectivity index (χ3v) is 2.00. The summed E-state index contributed by atoms with van der Waals surface area (Å²) in [7, 11) is 0. The van der Waals surface area contributed by atoms with Crippen molar-refractivity contribution >= 4 is 5.97 Å². The number of ether oxygens (including phenoxy) is 4. The monoisotopic (exact) mass is 264 g/mol. The van der Waals surface area contributed by atoms with Gasteiger partial charge in [0.15, 0.2) is 0 Å². The zero-order chi connectivity index (χ0) is 13.5. The first-order valence-corrected chi connectivity index (χ1v) is 6.30. The van der Waals surface area contributed by atoms with Gasteiger partial charge in [-0.2, -0.15) is 0 Å². The summed E-state index contributed by atoms with van der Waals surface area (Å²) in [4.78, 5) is 10.2. The minimum atomic E-state index is -0.793. The number of carboxylic acid groups (broad SMARTS) is 1. The largest absolute Gasteiger partial charge is 0.481 e. The van der Waals surface area contributed by atoms with E-state index in [9.17, 15) is 4.79 Å². The van der Waals surface area contributed by atoms with Gasteiger partial charge in [-0.3, -0.25) is 4.79 Å². The van der Waals surface area contributed by atoms with E-state index in [4.69, 9.17) is 24.1 Å². The molecule has 0 heterocycles. The van der Waals surface area contributed by atoms with Crippen LogP contribution in [-0.2, 0) is 23.7 Å². The maximum Gasteiger partial charge on any atom is 0.303 e. The molecule has 0 rings (SSSR count). The van der Waals surface area contributed by atoms with E-state index in [1.54, 1.807) is 0 Å². The van der Waals surface area contributed by atoms with Crippen LogP contribution in [0, 0.1) is 0 Å². The quantitative estimate of drug-likeness (QED) is 0.471. The molecule has 0 atom stereocenters. The molecule has 6 nitrogen and oxygen atoms in total. The fourth-order valence-electron chi connectivity index (χ4n) is 1.13. The Morgan fingerprint density at radius 1 is 0.833 bits per heavy atom. The van der Waals surface area contributed by atoms with E-state index in [1.807, 2.05) is 6.92 Å². The van der Waals surface area contributed by atoms with Crippen molar-refractivity contribution in [3.8, 4) is 0 Å². The Labute approximate surface area is 108 Å². The van der Waals surface area contributed by atoms with Crippen LogP contribution >= 0.6 is 0 Å². The summed E-state index contributed by atoms with van der Waals surface area (Å²) in [5.41, 5.74) is 0. The van der Waals surface area contributed by atoms with Crippen LogP contribution in [-0.4, -0.2) is 63.9 Å². The van der Waals surface area contributed by atoms with Gasteiger partial charge in [-0.1, -0.05) is 0 Å². The Bertz CT molecular complexity index is 185. The maximum atomic E-state index is 10.2. The SMILES string of the molecule is CCOCCOCCOCCOCCCC(=O)O. The van der Waals surface area contributed by atoms with Crippen molar-refractivity contribution in [3.63, 3.8) is 0 Å². The van der Waals surface area contributed by atoms with E-state index in [0.717, 1.165) is 0 Å². The van der Waals surface area contributed by atoms with Gasteiger partial charge in [0.05, 0.1) is 39.6 Å². The standard InChI is InChI=1S/C12H24O6/c1-2-15-6-7-17-10-11-18-9-8-16-5-3-4-12(13)14/h2-11H2,1H3,(H,13,14). The molecule has 0 aliphatic carbocycles. The van der Waals surface area contributed by atoms with Gasteiger partial charge in [0, 0.05) is 19.6 Å². The van der Waals surface area contributed by atoms with Gasteiger partial charge < -0.3 is 24.1 Å². The van der Waals surface area contributed by atoms with Gasteiger partial charge in [0.25, 0.3) is 0 Å². The molecule has 0 aromatic carbocycles. The van der Waals surface area contributed by atoms with Gasteiger partial charge in [0.1, 0.15) is 0 Å². The summed E-state index contributed by atoms with van der Waals surface area (Å²) in [5, 5.41) is 8.39. The fourth-order valence-corrected chi connectivity index (χ4v) is 1.13. The lowest BCUT2D eigenvalue weighted by atomic mass is 10.3. The van der Waals surface area contributed by atoms with Crippen molar-refractivity contribution in [2.24, 2.45) is 0 Å². The van der Waals surface area contributed by atoms with Crippen molar-refractivity contribution in [2.75, 3.05) is 52.9 Å². The van der Waals surface area contributed by atoms with Crippen molar-refractivity contribution in [2.45, 2.75) is 19.8 Å². The second-order valence-electron chi connectivity index (χ2n) is 3.53. The molecule has 0 aromatic rings. The predicted molar refractivity (Wildman–Crippen MR) is 65.8 cm³/mol. The normalized spacial score (nSPS) is 10.7. The zero-order valence-corrected chi connectivity index (χ0v) is 11.1. The molecule has 18 heavy (non-hydrogen) atoms. The molecule has 0 radical (unpaired) electrons. The van der Waals surface area contributed by atoms with E-state index in [-0.39, 0.29) is 6.42 Å². The molecule has 0 aliphatic rings. The van der Waals surface area contributed by atoms with E-state index < -0.39 is 5.97 Å². The van der Waals surface area contributed by atoms with Crippen LogP contribution in [0.2, 0.25) is 0 Å². The maximum absolute atomic E-state index is 10.2. The van der Waals surface area contributed by atoms with Crippen molar-refractivity contribution in [3.05, 3.63) is 0 Å². The molecule has 108 valence electrons. The summed E-state index contributed by atoms with van der Waals surface area (Å²) in [6, 6.07) is 0. The first-order valence-electron chi connectivity index (χ1n) is 6.30. The molecule has 0 bridgehead atoms. The van der Waals surface area contributed by atoms with Crippen LogP contribution in [0.5, 0.6) is 0 Å². The third kappa shape index (κ3) is 15.3. The number of hydrogen-bond acceptors (Lipinski definition) is 5. The number of carbonyl (C=O) groups is 1. The van der Waals surface area contributed by atoms with Crippen LogP contribution in [0.25, 0.3) is 0 Å². The average Bonchev–Trinajstić information content (AvgIpc) is 2.34. The molecule has 1 N–H and O–H groups in total. The first kappa shape index (κ1) is 17.3. The average molecular weight is 264 g/mol. The smallest absolute Gasteiger partial charge is 0.303 e. The fraction of sp³-hybridized carbons (Fsp3) is 0.917.